The van der Waals surface area contributed by atoms with Gasteiger partial charge in [0.25, 0.3) is 0 Å². The molecule has 0 aromatic carbocycles. The van der Waals surface area contributed by atoms with Crippen molar-refractivity contribution in [2.75, 3.05) is 6.61 Å². The largest absolute Gasteiger partial charge is 0.390 e. The van der Waals surface area contributed by atoms with Crippen LogP contribution in [0, 0.1) is 5.41 Å². The molecule has 1 N–H and O–H groups in total. The van der Waals surface area contributed by atoms with E-state index in [0.29, 0.717) is 12.0 Å². The Hall–Kier alpha value is -0.340. The molecule has 0 amide bonds. The summed E-state index contributed by atoms with van der Waals surface area (Å²) >= 11 is 0. The molecule has 1 saturated carbocycles. The summed E-state index contributed by atoms with van der Waals surface area (Å²) in [5, 5.41) is 10.6. The number of hydrogen-bond donors (Lipinski definition) is 1. The third-order valence-corrected chi connectivity index (χ3v) is 4.87. The maximum atomic E-state index is 10.6. The van der Waals surface area contributed by atoms with E-state index in [0.717, 1.165) is 44.9 Å². The van der Waals surface area contributed by atoms with Crippen LogP contribution in [0.5, 0.6) is 0 Å². The molecule has 2 nitrogen and oxygen atoms in total. The zero-order chi connectivity index (χ0) is 15.1. The number of allylic oxidation sites excluding steroid dienone is 1. The minimum atomic E-state index is -0.303. The molecular formula is C18H34O2. The minimum Gasteiger partial charge on any atom is -0.390 e. The van der Waals surface area contributed by atoms with Gasteiger partial charge in [0, 0.05) is 6.61 Å². The minimum absolute atomic E-state index is 0.275. The first kappa shape index (κ1) is 17.7. The quantitative estimate of drug-likeness (QED) is 0.483. The van der Waals surface area contributed by atoms with Crippen LogP contribution in [0.4, 0.5) is 0 Å². The van der Waals surface area contributed by atoms with Gasteiger partial charge in [-0.1, -0.05) is 32.8 Å². The highest BCUT2D eigenvalue weighted by Crippen LogP contribution is 2.44. The van der Waals surface area contributed by atoms with Crippen LogP contribution in [0.3, 0.4) is 0 Å². The summed E-state index contributed by atoms with van der Waals surface area (Å²) in [4.78, 5) is 0. The van der Waals surface area contributed by atoms with Gasteiger partial charge in [-0.15, -0.1) is 6.58 Å². The molecule has 1 unspecified atom stereocenters. The van der Waals surface area contributed by atoms with Gasteiger partial charge in [0.15, 0.2) is 0 Å². The lowest BCUT2D eigenvalue weighted by molar-refractivity contribution is -0.153. The summed E-state index contributed by atoms with van der Waals surface area (Å²) in [7, 11) is 0. The first-order valence-corrected chi connectivity index (χ1v) is 8.39. The molecule has 0 aliphatic heterocycles. The van der Waals surface area contributed by atoms with Crippen LogP contribution in [-0.4, -0.2) is 23.4 Å². The van der Waals surface area contributed by atoms with E-state index in [9.17, 15) is 5.11 Å². The summed E-state index contributed by atoms with van der Waals surface area (Å²) in [5.74, 6) is 0. The van der Waals surface area contributed by atoms with Gasteiger partial charge in [0.2, 0.25) is 0 Å². The van der Waals surface area contributed by atoms with Gasteiger partial charge in [-0.05, 0) is 57.3 Å². The van der Waals surface area contributed by atoms with Gasteiger partial charge in [-0.2, -0.15) is 0 Å². The first-order valence-electron chi connectivity index (χ1n) is 8.39. The normalized spacial score (nSPS) is 22.4. The molecule has 0 heterocycles. The first-order chi connectivity index (χ1) is 9.46. The van der Waals surface area contributed by atoms with E-state index in [1.54, 1.807) is 0 Å². The van der Waals surface area contributed by atoms with E-state index in [2.05, 4.69) is 20.4 Å². The lowest BCUT2D eigenvalue weighted by Gasteiger charge is -2.46. The topological polar surface area (TPSA) is 29.5 Å². The highest BCUT2D eigenvalue weighted by atomic mass is 16.5. The number of rotatable bonds is 9. The lowest BCUT2D eigenvalue weighted by atomic mass is 9.68. The van der Waals surface area contributed by atoms with Crippen LogP contribution in [-0.2, 0) is 4.74 Å². The van der Waals surface area contributed by atoms with Gasteiger partial charge in [0.1, 0.15) is 0 Å². The van der Waals surface area contributed by atoms with Gasteiger partial charge in [-0.25, -0.2) is 0 Å². The molecule has 0 spiro atoms. The molecular weight excluding hydrogens is 248 g/mol. The van der Waals surface area contributed by atoms with Gasteiger partial charge in [0.05, 0.1) is 11.7 Å². The Labute approximate surface area is 125 Å². The Bertz CT molecular complexity index is 273. The maximum Gasteiger partial charge on any atom is 0.0940 e. The van der Waals surface area contributed by atoms with Crippen LogP contribution in [0.25, 0.3) is 0 Å². The Morgan fingerprint density at radius 2 is 1.80 bits per heavy atom. The third kappa shape index (κ3) is 5.21. The van der Waals surface area contributed by atoms with Crippen molar-refractivity contribution < 1.29 is 9.84 Å². The zero-order valence-electron chi connectivity index (χ0n) is 13.8. The lowest BCUT2D eigenvalue weighted by Crippen LogP contribution is -2.49. The fraction of sp³-hybridized carbons (Fsp3) is 0.889. The molecule has 1 rings (SSSR count). The second-order valence-corrected chi connectivity index (χ2v) is 7.10. The predicted octanol–water partition coefficient (Wildman–Crippen LogP) is 4.86. The molecule has 0 aromatic rings. The van der Waals surface area contributed by atoms with Crippen LogP contribution in [0.15, 0.2) is 12.7 Å². The molecule has 1 aliphatic rings. The fourth-order valence-corrected chi connectivity index (χ4v) is 3.28. The number of ether oxygens (including phenoxy) is 1. The molecule has 118 valence electrons. The number of unbranched alkanes of at least 4 members (excludes halogenated alkanes) is 3. The molecule has 1 fully saturated rings. The summed E-state index contributed by atoms with van der Waals surface area (Å²) in [6.45, 7) is 11.1. The number of aliphatic hydroxyl groups excluding tert-OH is 1. The standard InChI is InChI=1S/C18H34O2/c1-5-7-8-9-10-11-16(19)18(20-6-2)14-12-17(3,4)13-15-18/h5,16,19H,1,6-15H2,2-4H3. The van der Waals surface area contributed by atoms with Crippen LogP contribution in [0.2, 0.25) is 0 Å². The second kappa shape index (κ2) is 8.19. The Kier molecular flexibility index (Phi) is 7.25. The van der Waals surface area contributed by atoms with Crippen molar-refractivity contribution in [2.45, 2.75) is 90.3 Å². The van der Waals surface area contributed by atoms with Gasteiger partial charge < -0.3 is 9.84 Å². The van der Waals surface area contributed by atoms with Crippen molar-refractivity contribution in [1.82, 2.24) is 0 Å². The summed E-state index contributed by atoms with van der Waals surface area (Å²) < 4.78 is 6.04. The molecule has 0 radical (unpaired) electrons. The van der Waals surface area contributed by atoms with Crippen molar-refractivity contribution >= 4 is 0 Å². The highest BCUT2D eigenvalue weighted by molar-refractivity contribution is 4.95. The number of hydrogen-bond acceptors (Lipinski definition) is 2. The van der Waals surface area contributed by atoms with E-state index in [1.807, 2.05) is 13.0 Å². The molecule has 0 saturated heterocycles. The molecule has 20 heavy (non-hydrogen) atoms. The predicted molar refractivity (Wildman–Crippen MR) is 85.9 cm³/mol. The Morgan fingerprint density at radius 1 is 1.15 bits per heavy atom. The van der Waals surface area contributed by atoms with E-state index in [-0.39, 0.29) is 11.7 Å². The molecule has 1 atom stereocenters. The van der Waals surface area contributed by atoms with Gasteiger partial charge in [-0.3, -0.25) is 0 Å². The smallest absolute Gasteiger partial charge is 0.0940 e. The molecule has 2 heteroatoms. The molecule has 1 aliphatic carbocycles. The summed E-state index contributed by atoms with van der Waals surface area (Å²) in [6, 6.07) is 0. The molecule has 0 aromatic heterocycles. The van der Waals surface area contributed by atoms with E-state index >= 15 is 0 Å². The third-order valence-electron chi connectivity index (χ3n) is 4.87. The number of aliphatic hydroxyl groups is 1. The maximum absolute atomic E-state index is 10.6. The van der Waals surface area contributed by atoms with Gasteiger partial charge >= 0.3 is 0 Å². The van der Waals surface area contributed by atoms with E-state index in [1.165, 1.54) is 12.8 Å². The van der Waals surface area contributed by atoms with Crippen LogP contribution < -0.4 is 0 Å². The van der Waals surface area contributed by atoms with Crippen LogP contribution in [0.1, 0.15) is 78.6 Å². The average Bonchev–Trinajstić information content (AvgIpc) is 2.41. The summed E-state index contributed by atoms with van der Waals surface area (Å²) in [6.07, 6.45) is 11.4. The van der Waals surface area contributed by atoms with Crippen molar-refractivity contribution in [3.63, 3.8) is 0 Å². The molecule has 0 bridgehead atoms. The monoisotopic (exact) mass is 282 g/mol. The van der Waals surface area contributed by atoms with E-state index < -0.39 is 0 Å². The van der Waals surface area contributed by atoms with Crippen LogP contribution >= 0.6 is 0 Å². The Balaban J connectivity index is 2.46. The zero-order valence-corrected chi connectivity index (χ0v) is 13.8. The van der Waals surface area contributed by atoms with Crippen molar-refractivity contribution in [3.8, 4) is 0 Å². The average molecular weight is 282 g/mol. The van der Waals surface area contributed by atoms with Crippen molar-refractivity contribution in [2.24, 2.45) is 5.41 Å². The van der Waals surface area contributed by atoms with Crippen molar-refractivity contribution in [1.29, 1.82) is 0 Å². The van der Waals surface area contributed by atoms with Crippen molar-refractivity contribution in [3.05, 3.63) is 12.7 Å². The fourth-order valence-electron chi connectivity index (χ4n) is 3.28. The summed E-state index contributed by atoms with van der Waals surface area (Å²) in [5.41, 5.74) is 0.132. The highest BCUT2D eigenvalue weighted by Gasteiger charge is 2.43. The van der Waals surface area contributed by atoms with E-state index in [4.69, 9.17) is 4.74 Å². The SMILES string of the molecule is C=CCCCCCC(O)C1(OCC)CCC(C)(C)CC1. The Morgan fingerprint density at radius 3 is 2.35 bits per heavy atom. The second-order valence-electron chi connectivity index (χ2n) is 7.10.